The molecule has 1 amide bonds. The van der Waals surface area contributed by atoms with E-state index in [-0.39, 0.29) is 11.8 Å². The van der Waals surface area contributed by atoms with Gasteiger partial charge < -0.3 is 14.8 Å². The van der Waals surface area contributed by atoms with Crippen molar-refractivity contribution < 1.29 is 14.3 Å². The van der Waals surface area contributed by atoms with Crippen LogP contribution in [0.3, 0.4) is 0 Å². The van der Waals surface area contributed by atoms with Crippen LogP contribution in [0.5, 0.6) is 11.5 Å². The molecule has 1 aliphatic carbocycles. The fourth-order valence-electron chi connectivity index (χ4n) is 2.82. The van der Waals surface area contributed by atoms with Crippen LogP contribution in [0.15, 0.2) is 18.2 Å². The highest BCUT2D eigenvalue weighted by Gasteiger charge is 2.29. The molecule has 0 aromatic heterocycles. The van der Waals surface area contributed by atoms with Gasteiger partial charge >= 0.3 is 0 Å². The standard InChI is InChI=1S/C16H23NO3/c1-11-5-4-6-15(11)16(18)17-10-12-7-13(19-2)9-14(8-12)20-3/h7-9,11,15H,4-6,10H2,1-3H3,(H,17,18). The van der Waals surface area contributed by atoms with Crippen LogP contribution in [-0.2, 0) is 11.3 Å². The maximum Gasteiger partial charge on any atom is 0.223 e. The Morgan fingerprint density at radius 3 is 2.35 bits per heavy atom. The molecule has 0 spiro atoms. The normalized spacial score (nSPS) is 21.6. The van der Waals surface area contributed by atoms with Gasteiger partial charge in [0.25, 0.3) is 0 Å². The van der Waals surface area contributed by atoms with E-state index in [0.717, 1.165) is 36.3 Å². The maximum absolute atomic E-state index is 12.2. The van der Waals surface area contributed by atoms with Crippen LogP contribution in [0.2, 0.25) is 0 Å². The minimum Gasteiger partial charge on any atom is -0.497 e. The van der Waals surface area contributed by atoms with Gasteiger partial charge in [0.1, 0.15) is 11.5 Å². The average Bonchev–Trinajstić information content (AvgIpc) is 2.90. The summed E-state index contributed by atoms with van der Waals surface area (Å²) >= 11 is 0. The fraction of sp³-hybridized carbons (Fsp3) is 0.562. The van der Waals surface area contributed by atoms with E-state index in [9.17, 15) is 4.79 Å². The summed E-state index contributed by atoms with van der Waals surface area (Å²) < 4.78 is 10.5. The maximum atomic E-state index is 12.2. The van der Waals surface area contributed by atoms with Crippen LogP contribution in [0.25, 0.3) is 0 Å². The molecule has 0 saturated heterocycles. The molecule has 0 aliphatic heterocycles. The molecule has 4 nitrogen and oxygen atoms in total. The summed E-state index contributed by atoms with van der Waals surface area (Å²) in [5, 5.41) is 3.02. The van der Waals surface area contributed by atoms with Crippen molar-refractivity contribution in [1.29, 1.82) is 0 Å². The minimum absolute atomic E-state index is 0.164. The van der Waals surface area contributed by atoms with Gasteiger partial charge in [0, 0.05) is 18.5 Å². The van der Waals surface area contributed by atoms with Crippen molar-refractivity contribution in [2.24, 2.45) is 11.8 Å². The van der Waals surface area contributed by atoms with Gasteiger partial charge in [-0.15, -0.1) is 0 Å². The highest BCUT2D eigenvalue weighted by atomic mass is 16.5. The third-order valence-corrected chi connectivity index (χ3v) is 4.08. The minimum atomic E-state index is 0.164. The third-order valence-electron chi connectivity index (χ3n) is 4.08. The molecule has 2 rings (SSSR count). The number of carbonyl (C=O) groups excluding carboxylic acids is 1. The highest BCUT2D eigenvalue weighted by molar-refractivity contribution is 5.79. The van der Waals surface area contributed by atoms with Gasteiger partial charge in [0.2, 0.25) is 5.91 Å². The number of amides is 1. The molecule has 4 heteroatoms. The summed E-state index contributed by atoms with van der Waals surface area (Å²) in [6, 6.07) is 5.66. The molecule has 0 bridgehead atoms. The quantitative estimate of drug-likeness (QED) is 0.900. The summed E-state index contributed by atoms with van der Waals surface area (Å²) in [4.78, 5) is 12.2. The molecule has 1 aromatic carbocycles. The van der Waals surface area contributed by atoms with E-state index in [1.54, 1.807) is 14.2 Å². The molecular formula is C16H23NO3. The lowest BCUT2D eigenvalue weighted by atomic mass is 9.97. The molecule has 2 unspecified atom stereocenters. The number of methoxy groups -OCH3 is 2. The predicted octanol–water partition coefficient (Wildman–Crippen LogP) is 2.76. The first-order chi connectivity index (χ1) is 9.63. The van der Waals surface area contributed by atoms with Crippen LogP contribution in [0.4, 0.5) is 0 Å². The van der Waals surface area contributed by atoms with E-state index in [2.05, 4.69) is 12.2 Å². The van der Waals surface area contributed by atoms with E-state index in [1.807, 2.05) is 18.2 Å². The van der Waals surface area contributed by atoms with Gasteiger partial charge in [-0.25, -0.2) is 0 Å². The monoisotopic (exact) mass is 277 g/mol. The fourth-order valence-corrected chi connectivity index (χ4v) is 2.82. The van der Waals surface area contributed by atoms with Crippen molar-refractivity contribution in [1.82, 2.24) is 5.32 Å². The van der Waals surface area contributed by atoms with Crippen molar-refractivity contribution in [2.75, 3.05) is 14.2 Å². The Labute approximate surface area is 120 Å². The Kier molecular flexibility index (Phi) is 4.88. The molecule has 0 radical (unpaired) electrons. The van der Waals surface area contributed by atoms with Gasteiger partial charge in [-0.3, -0.25) is 4.79 Å². The number of hydrogen-bond donors (Lipinski definition) is 1. The molecule has 1 fully saturated rings. The van der Waals surface area contributed by atoms with Crippen molar-refractivity contribution in [3.63, 3.8) is 0 Å². The molecule has 1 aromatic rings. The topological polar surface area (TPSA) is 47.6 Å². The first-order valence-electron chi connectivity index (χ1n) is 7.13. The number of carbonyl (C=O) groups is 1. The second-order valence-corrected chi connectivity index (χ2v) is 5.45. The Balaban J connectivity index is 1.97. The summed E-state index contributed by atoms with van der Waals surface area (Å²) in [6.07, 6.45) is 3.33. The highest BCUT2D eigenvalue weighted by Crippen LogP contribution is 2.31. The van der Waals surface area contributed by atoms with Gasteiger partial charge in [-0.2, -0.15) is 0 Å². The van der Waals surface area contributed by atoms with E-state index < -0.39 is 0 Å². The van der Waals surface area contributed by atoms with E-state index in [1.165, 1.54) is 0 Å². The van der Waals surface area contributed by atoms with Gasteiger partial charge in [0.05, 0.1) is 14.2 Å². The van der Waals surface area contributed by atoms with Gasteiger partial charge in [0.15, 0.2) is 0 Å². The number of rotatable bonds is 5. The van der Waals surface area contributed by atoms with Crippen molar-refractivity contribution in [3.05, 3.63) is 23.8 Å². The second kappa shape index (κ2) is 6.64. The summed E-state index contributed by atoms with van der Waals surface area (Å²) in [7, 11) is 3.24. The second-order valence-electron chi connectivity index (χ2n) is 5.45. The Bertz CT molecular complexity index is 451. The number of nitrogens with one attached hydrogen (secondary N) is 1. The lowest BCUT2D eigenvalue weighted by Crippen LogP contribution is -2.31. The average molecular weight is 277 g/mol. The Morgan fingerprint density at radius 1 is 1.20 bits per heavy atom. The number of ether oxygens (including phenoxy) is 2. The van der Waals surface area contributed by atoms with E-state index in [0.29, 0.717) is 12.5 Å². The smallest absolute Gasteiger partial charge is 0.223 e. The SMILES string of the molecule is COc1cc(CNC(=O)C2CCCC2C)cc(OC)c1. The zero-order chi connectivity index (χ0) is 14.5. The summed E-state index contributed by atoms with van der Waals surface area (Å²) in [5.41, 5.74) is 0.986. The Morgan fingerprint density at radius 2 is 1.85 bits per heavy atom. The number of hydrogen-bond acceptors (Lipinski definition) is 3. The molecule has 2 atom stereocenters. The molecular weight excluding hydrogens is 254 g/mol. The third kappa shape index (κ3) is 3.44. The zero-order valence-electron chi connectivity index (χ0n) is 12.4. The lowest BCUT2D eigenvalue weighted by molar-refractivity contribution is -0.126. The largest absolute Gasteiger partial charge is 0.497 e. The Hall–Kier alpha value is -1.71. The summed E-state index contributed by atoms with van der Waals surface area (Å²) in [5.74, 6) is 2.31. The van der Waals surface area contributed by atoms with E-state index in [4.69, 9.17) is 9.47 Å². The summed E-state index contributed by atoms with van der Waals surface area (Å²) in [6.45, 7) is 2.67. The van der Waals surface area contributed by atoms with Crippen molar-refractivity contribution >= 4 is 5.91 Å². The van der Waals surface area contributed by atoms with Crippen molar-refractivity contribution in [3.8, 4) is 11.5 Å². The number of benzene rings is 1. The zero-order valence-corrected chi connectivity index (χ0v) is 12.4. The first-order valence-corrected chi connectivity index (χ1v) is 7.13. The van der Waals surface area contributed by atoms with Gasteiger partial charge in [-0.05, 0) is 36.5 Å². The van der Waals surface area contributed by atoms with E-state index >= 15 is 0 Å². The molecule has 1 saturated carbocycles. The van der Waals surface area contributed by atoms with Crippen LogP contribution in [0.1, 0.15) is 31.7 Å². The molecule has 1 aliphatic rings. The van der Waals surface area contributed by atoms with Crippen LogP contribution >= 0.6 is 0 Å². The predicted molar refractivity (Wildman–Crippen MR) is 77.9 cm³/mol. The molecule has 0 heterocycles. The van der Waals surface area contributed by atoms with Crippen molar-refractivity contribution in [2.45, 2.75) is 32.7 Å². The molecule has 110 valence electrons. The first kappa shape index (κ1) is 14.7. The van der Waals surface area contributed by atoms with Crippen LogP contribution in [-0.4, -0.2) is 20.1 Å². The molecule has 1 N–H and O–H groups in total. The van der Waals surface area contributed by atoms with Gasteiger partial charge in [-0.1, -0.05) is 13.3 Å². The lowest BCUT2D eigenvalue weighted by Gasteiger charge is -2.15. The molecule has 20 heavy (non-hydrogen) atoms. The van der Waals surface area contributed by atoms with Crippen LogP contribution in [0, 0.1) is 11.8 Å². The van der Waals surface area contributed by atoms with Crippen LogP contribution < -0.4 is 14.8 Å².